The maximum Gasteiger partial charge on any atom is 0.243 e. The van der Waals surface area contributed by atoms with E-state index in [4.69, 9.17) is 4.74 Å². The number of aromatic nitrogens is 2. The topological polar surface area (TPSA) is 64.4 Å². The summed E-state index contributed by atoms with van der Waals surface area (Å²) < 4.78 is 62.6. The molecule has 0 amide bonds. The zero-order valence-corrected chi connectivity index (χ0v) is 18.7. The van der Waals surface area contributed by atoms with Crippen LogP contribution in [0.5, 0.6) is 0 Å². The maximum atomic E-state index is 14.0. The molecule has 2 aromatic carbocycles. The summed E-state index contributed by atoms with van der Waals surface area (Å²) >= 11 is 1.23. The van der Waals surface area contributed by atoms with Crippen LogP contribution in [0.3, 0.4) is 0 Å². The fourth-order valence-electron chi connectivity index (χ4n) is 3.54. The van der Waals surface area contributed by atoms with Crippen LogP contribution in [-0.4, -0.2) is 48.6 Å². The lowest BCUT2D eigenvalue weighted by Crippen LogP contribution is -2.40. The summed E-state index contributed by atoms with van der Waals surface area (Å²) in [4.78, 5) is 4.78. The van der Waals surface area contributed by atoms with E-state index in [0.29, 0.717) is 43.5 Å². The predicted molar refractivity (Wildman–Crippen MR) is 116 cm³/mol. The van der Waals surface area contributed by atoms with Gasteiger partial charge in [-0.3, -0.25) is 0 Å². The minimum atomic E-state index is -3.64. The molecule has 0 atom stereocenters. The van der Waals surface area contributed by atoms with Gasteiger partial charge in [-0.2, -0.15) is 4.31 Å². The fourth-order valence-corrected chi connectivity index (χ4v) is 6.03. The summed E-state index contributed by atoms with van der Waals surface area (Å²) in [7, 11) is -3.64. The summed E-state index contributed by atoms with van der Waals surface area (Å²) in [5.41, 5.74) is 1.33. The number of hydrogen-bond acceptors (Lipinski definition) is 5. The van der Waals surface area contributed by atoms with Crippen molar-refractivity contribution in [2.45, 2.75) is 35.7 Å². The standard InChI is InChI=1S/C21H23F2N3O3S2/c1-2-8-26-20-7-6-15(31(27,28)25-9-11-29-12-10-25)13-19(20)24-21(26)30-14-16-17(22)4-3-5-18(16)23/h3-7,13H,2,8-12,14H2,1H3. The molecule has 1 fully saturated rings. The quantitative estimate of drug-likeness (QED) is 0.491. The van der Waals surface area contributed by atoms with Crippen molar-refractivity contribution in [1.82, 2.24) is 13.9 Å². The average molecular weight is 468 g/mol. The first-order valence-electron chi connectivity index (χ1n) is 10.1. The van der Waals surface area contributed by atoms with E-state index in [1.54, 1.807) is 18.2 Å². The molecule has 166 valence electrons. The van der Waals surface area contributed by atoms with Crippen molar-refractivity contribution < 1.29 is 21.9 Å². The summed E-state index contributed by atoms with van der Waals surface area (Å²) in [6.07, 6.45) is 0.834. The van der Waals surface area contributed by atoms with Gasteiger partial charge in [-0.25, -0.2) is 22.2 Å². The summed E-state index contributed by atoms with van der Waals surface area (Å²) in [5.74, 6) is -1.10. The highest BCUT2D eigenvalue weighted by Gasteiger charge is 2.27. The van der Waals surface area contributed by atoms with E-state index in [1.165, 1.54) is 34.3 Å². The largest absolute Gasteiger partial charge is 0.379 e. The molecular formula is C21H23F2N3O3S2. The molecule has 3 aromatic rings. The molecule has 1 aliphatic rings. The Kier molecular flexibility index (Phi) is 6.61. The second kappa shape index (κ2) is 9.23. The molecule has 0 spiro atoms. The zero-order chi connectivity index (χ0) is 22.0. The Balaban J connectivity index is 1.67. The number of imidazole rings is 1. The Bertz CT molecular complexity index is 1170. The van der Waals surface area contributed by atoms with E-state index in [9.17, 15) is 17.2 Å². The number of halogens is 2. The summed E-state index contributed by atoms with van der Waals surface area (Å²) in [5, 5.41) is 0.598. The SMILES string of the molecule is CCCn1c(SCc2c(F)cccc2F)nc2cc(S(=O)(=O)N3CCOCC3)ccc21. The predicted octanol–water partition coefficient (Wildman–Crippen LogP) is 4.04. The van der Waals surface area contributed by atoms with Crippen LogP contribution < -0.4 is 0 Å². The number of aryl methyl sites for hydroxylation is 1. The number of morpholine rings is 1. The first-order valence-corrected chi connectivity index (χ1v) is 12.5. The number of thioether (sulfide) groups is 1. The molecule has 1 saturated heterocycles. The lowest BCUT2D eigenvalue weighted by Gasteiger charge is -2.26. The van der Waals surface area contributed by atoms with Crippen LogP contribution in [0.15, 0.2) is 46.5 Å². The highest BCUT2D eigenvalue weighted by molar-refractivity contribution is 7.98. The number of rotatable bonds is 7. The third kappa shape index (κ3) is 4.48. The molecule has 1 aromatic heterocycles. The number of sulfonamides is 1. The van der Waals surface area contributed by atoms with Crippen molar-refractivity contribution in [1.29, 1.82) is 0 Å². The third-order valence-electron chi connectivity index (χ3n) is 5.15. The van der Waals surface area contributed by atoms with Crippen LogP contribution in [0.4, 0.5) is 8.78 Å². The average Bonchev–Trinajstić information content (AvgIpc) is 3.11. The van der Waals surface area contributed by atoms with E-state index in [-0.39, 0.29) is 16.2 Å². The normalized spacial score (nSPS) is 15.6. The highest BCUT2D eigenvalue weighted by atomic mass is 32.2. The molecule has 0 saturated carbocycles. The van der Waals surface area contributed by atoms with Gasteiger partial charge in [0.2, 0.25) is 10.0 Å². The van der Waals surface area contributed by atoms with Crippen molar-refractivity contribution in [3.8, 4) is 0 Å². The van der Waals surface area contributed by atoms with Gasteiger partial charge in [-0.1, -0.05) is 24.8 Å². The van der Waals surface area contributed by atoms with E-state index in [0.717, 1.165) is 11.9 Å². The molecule has 4 rings (SSSR count). The molecule has 1 aliphatic heterocycles. The molecule has 6 nitrogen and oxygen atoms in total. The summed E-state index contributed by atoms with van der Waals surface area (Å²) in [6, 6.07) is 8.71. The second-order valence-corrected chi connectivity index (χ2v) is 10.1. The molecular weight excluding hydrogens is 444 g/mol. The van der Waals surface area contributed by atoms with Crippen molar-refractivity contribution >= 4 is 32.8 Å². The van der Waals surface area contributed by atoms with Crippen LogP contribution in [0.2, 0.25) is 0 Å². The molecule has 0 bridgehead atoms. The molecule has 0 radical (unpaired) electrons. The minimum Gasteiger partial charge on any atom is -0.379 e. The Morgan fingerprint density at radius 3 is 2.52 bits per heavy atom. The van der Waals surface area contributed by atoms with Gasteiger partial charge in [-0.15, -0.1) is 0 Å². The monoisotopic (exact) mass is 467 g/mol. The minimum absolute atomic E-state index is 0.00168. The van der Waals surface area contributed by atoms with Gasteiger partial charge in [0, 0.05) is 31.0 Å². The van der Waals surface area contributed by atoms with E-state index in [1.807, 2.05) is 11.5 Å². The van der Waals surface area contributed by atoms with E-state index >= 15 is 0 Å². The molecule has 0 unspecified atom stereocenters. The zero-order valence-electron chi connectivity index (χ0n) is 17.1. The van der Waals surface area contributed by atoms with E-state index < -0.39 is 21.7 Å². The smallest absolute Gasteiger partial charge is 0.243 e. The van der Waals surface area contributed by atoms with Crippen LogP contribution in [0, 0.1) is 11.6 Å². The fraction of sp³-hybridized carbons (Fsp3) is 0.381. The maximum absolute atomic E-state index is 14.0. The molecule has 2 heterocycles. The number of nitrogens with zero attached hydrogens (tertiary/aromatic N) is 3. The second-order valence-electron chi connectivity index (χ2n) is 7.20. The van der Waals surface area contributed by atoms with Gasteiger partial charge in [-0.05, 0) is 36.8 Å². The first kappa shape index (κ1) is 22.2. The van der Waals surface area contributed by atoms with Crippen molar-refractivity contribution in [2.75, 3.05) is 26.3 Å². The van der Waals surface area contributed by atoms with Crippen molar-refractivity contribution in [3.63, 3.8) is 0 Å². The number of hydrogen-bond donors (Lipinski definition) is 0. The van der Waals surface area contributed by atoms with Gasteiger partial charge in [0.25, 0.3) is 0 Å². The molecule has 0 aliphatic carbocycles. The van der Waals surface area contributed by atoms with Crippen LogP contribution in [0.1, 0.15) is 18.9 Å². The van der Waals surface area contributed by atoms with Gasteiger partial charge in [0.1, 0.15) is 11.6 Å². The Hall–Kier alpha value is -2.01. The van der Waals surface area contributed by atoms with Gasteiger partial charge in [0.05, 0.1) is 29.1 Å². The van der Waals surface area contributed by atoms with Crippen molar-refractivity contribution in [2.24, 2.45) is 0 Å². The Morgan fingerprint density at radius 2 is 1.84 bits per heavy atom. The van der Waals surface area contributed by atoms with Gasteiger partial charge >= 0.3 is 0 Å². The number of fused-ring (bicyclic) bond motifs is 1. The number of benzene rings is 2. The number of ether oxygens (including phenoxy) is 1. The van der Waals surface area contributed by atoms with Crippen LogP contribution >= 0.6 is 11.8 Å². The molecule has 0 N–H and O–H groups in total. The lowest BCUT2D eigenvalue weighted by atomic mass is 10.2. The van der Waals surface area contributed by atoms with Crippen LogP contribution in [0.25, 0.3) is 11.0 Å². The van der Waals surface area contributed by atoms with E-state index in [2.05, 4.69) is 4.98 Å². The highest BCUT2D eigenvalue weighted by Crippen LogP contribution is 2.30. The Labute approximate surface area is 184 Å². The first-order chi connectivity index (χ1) is 14.9. The summed E-state index contributed by atoms with van der Waals surface area (Å²) in [6.45, 7) is 4.07. The lowest BCUT2D eigenvalue weighted by molar-refractivity contribution is 0.0730. The van der Waals surface area contributed by atoms with Crippen LogP contribution in [-0.2, 0) is 27.1 Å². The Morgan fingerprint density at radius 1 is 1.13 bits per heavy atom. The van der Waals surface area contributed by atoms with Crippen molar-refractivity contribution in [3.05, 3.63) is 53.6 Å². The molecule has 31 heavy (non-hydrogen) atoms. The van der Waals surface area contributed by atoms with Gasteiger partial charge < -0.3 is 9.30 Å². The third-order valence-corrected chi connectivity index (χ3v) is 8.04. The van der Waals surface area contributed by atoms with Gasteiger partial charge in [0.15, 0.2) is 5.16 Å². The molecule has 10 heteroatoms.